The first-order chi connectivity index (χ1) is 35.1. The number of esters is 1. The molecule has 4 aliphatic carbocycles. The fourth-order valence-corrected chi connectivity index (χ4v) is 15.0. The molecular weight excluding hydrogens is 971 g/mol. The number of ketones is 1. The number of likely N-dealkylation sites (N-methyl/N-ethyl adjacent to an activating group) is 1. The van der Waals surface area contributed by atoms with Gasteiger partial charge in [-0.2, -0.15) is 0 Å². The summed E-state index contributed by atoms with van der Waals surface area (Å²) >= 11 is 0. The molecule has 7 fully saturated rings. The number of nitrogens with one attached hydrogen (secondary N) is 1. The van der Waals surface area contributed by atoms with Gasteiger partial charge in [-0.25, -0.2) is 0 Å². The van der Waals surface area contributed by atoms with Gasteiger partial charge in [0.15, 0.2) is 12.6 Å². The molecule has 4 bridgehead atoms. The molecule has 4 saturated carbocycles. The zero-order valence-electron chi connectivity index (χ0n) is 46.7. The lowest BCUT2D eigenvalue weighted by Crippen LogP contribution is -2.62. The molecule has 1 aromatic rings. The highest BCUT2D eigenvalue weighted by Gasteiger charge is 2.61. The van der Waals surface area contributed by atoms with E-state index in [0.29, 0.717) is 37.8 Å². The summed E-state index contributed by atoms with van der Waals surface area (Å²) in [6, 6.07) is 6.41. The summed E-state index contributed by atoms with van der Waals surface area (Å²) in [7, 11) is 4.88. The Morgan fingerprint density at radius 2 is 1.48 bits per heavy atom. The average Bonchev–Trinajstić information content (AvgIpc) is 3.36. The minimum absolute atomic E-state index is 0.0262. The Balaban J connectivity index is 1.14. The van der Waals surface area contributed by atoms with Gasteiger partial charge in [-0.3, -0.25) is 29.4 Å². The molecule has 8 rings (SSSR count). The standard InChI is InChI=1S/C56H89N3O16/c1-14-41-54(10,66)46(62)32(4)43(60)30(2)23-53(9,70-13)48(33(5)45(34(6)49(64)73-41)74-42-28-52(8,69-12)47(63)35(7)72-42)75-50-44(61)40(21-31(3)71-50)58(11)20-19-57-51(65)56-26-36-22-37(27-56)25-55(24-36,29-56)38-15-17-39(18-16-38)59(67)68/h15-18,30-37,40-42,44-48,50,61-63,66H,14,19-29H2,1-13H3,(H,57,65)/t30-,31-,32+,33+,34-,35+,36?,37?,40+,41-,42+,44-,45+,46-,47+,48-,50+,52-,53-,54-,55?,56?/m1/s1. The number of aliphatic hydroxyl groups is 4. The van der Waals surface area contributed by atoms with Crippen LogP contribution >= 0.6 is 0 Å². The second-order valence-electron chi connectivity index (χ2n) is 24.7. The van der Waals surface area contributed by atoms with Crippen molar-refractivity contribution in [2.24, 2.45) is 40.9 Å². The molecule has 2 unspecified atom stereocenters. The van der Waals surface area contributed by atoms with Crippen molar-refractivity contribution in [3.05, 3.63) is 39.9 Å². The van der Waals surface area contributed by atoms with Crippen LogP contribution in [0, 0.1) is 51.0 Å². The van der Waals surface area contributed by atoms with Crippen molar-refractivity contribution in [2.75, 3.05) is 34.4 Å². The first-order valence-electron chi connectivity index (χ1n) is 27.5. The highest BCUT2D eigenvalue weighted by molar-refractivity contribution is 5.84. The van der Waals surface area contributed by atoms with Gasteiger partial charge in [0.2, 0.25) is 5.91 Å². The number of rotatable bonds is 14. The fraction of sp³-hybridized carbons (Fsp3) is 0.839. The van der Waals surface area contributed by atoms with Crippen LogP contribution < -0.4 is 5.32 Å². The SMILES string of the molecule is CC[C@H]1OC(=O)[C@H](C)[C@@H](O[C@H]2C[C@@](C)(OC)[C@@H](O)[C@H](C)O2)[C@H](C)[C@@H](O[C@@H]2O[C@H](C)C[C@H](N(C)CCNC(=O)C34CC5CC(C3)CC(c3ccc([N+](=O)[O-])cc3)(C5)C4)[C@H]2O)[C@](C)(OC)C[C@@H](C)C(=O)[C@H](C)[C@@H](O)[C@]1(C)O. The molecule has 3 saturated heterocycles. The summed E-state index contributed by atoms with van der Waals surface area (Å²) in [6.45, 7) is 17.7. The van der Waals surface area contributed by atoms with E-state index in [4.69, 9.17) is 33.2 Å². The van der Waals surface area contributed by atoms with Crippen LogP contribution in [0.1, 0.15) is 139 Å². The quantitative estimate of drug-likeness (QED) is 0.0892. The average molecular weight is 1060 g/mol. The van der Waals surface area contributed by atoms with Crippen molar-refractivity contribution in [2.45, 2.75) is 223 Å². The molecule has 1 amide bonds. The number of hydrogen-bond donors (Lipinski definition) is 5. The molecule has 19 heteroatoms. The first kappa shape index (κ1) is 59.5. The van der Waals surface area contributed by atoms with Gasteiger partial charge in [-0.1, -0.05) is 39.8 Å². The summed E-state index contributed by atoms with van der Waals surface area (Å²) in [5, 5.41) is 61.7. The topological polar surface area (TPSA) is 255 Å². The Morgan fingerprint density at radius 3 is 2.07 bits per heavy atom. The zero-order valence-corrected chi connectivity index (χ0v) is 46.7. The largest absolute Gasteiger partial charge is 0.459 e. The number of ether oxygens (including phenoxy) is 7. The van der Waals surface area contributed by atoms with Crippen molar-refractivity contribution in [1.29, 1.82) is 0 Å². The van der Waals surface area contributed by atoms with Gasteiger partial charge < -0.3 is 58.9 Å². The molecule has 20 atom stereocenters. The number of nitrogens with zero attached hydrogens (tertiary/aromatic N) is 2. The molecular formula is C56H89N3O16. The lowest BCUT2D eigenvalue weighted by atomic mass is 9.42. The molecule has 75 heavy (non-hydrogen) atoms. The molecule has 1 aromatic carbocycles. The van der Waals surface area contributed by atoms with Gasteiger partial charge in [-0.15, -0.1) is 0 Å². The Labute approximate surface area is 443 Å². The molecule has 3 heterocycles. The summed E-state index contributed by atoms with van der Waals surface area (Å²) in [5.74, 6) is -4.02. The van der Waals surface area contributed by atoms with E-state index in [2.05, 4.69) is 5.32 Å². The number of aliphatic hydroxyl groups excluding tert-OH is 3. The molecule has 7 aliphatic rings. The number of nitro groups is 1. The molecule has 424 valence electrons. The Morgan fingerprint density at radius 1 is 0.853 bits per heavy atom. The maximum Gasteiger partial charge on any atom is 0.311 e. The van der Waals surface area contributed by atoms with E-state index in [-0.39, 0.29) is 47.0 Å². The third-order valence-electron chi connectivity index (χ3n) is 19.2. The predicted octanol–water partition coefficient (Wildman–Crippen LogP) is 5.37. The Kier molecular flexibility index (Phi) is 18.1. The van der Waals surface area contributed by atoms with E-state index in [9.17, 15) is 44.9 Å². The predicted molar refractivity (Wildman–Crippen MR) is 275 cm³/mol. The minimum Gasteiger partial charge on any atom is -0.459 e. The van der Waals surface area contributed by atoms with Crippen LogP contribution in [-0.4, -0.2) is 167 Å². The second kappa shape index (κ2) is 22.9. The molecule has 0 spiro atoms. The fourth-order valence-electron chi connectivity index (χ4n) is 15.0. The number of amides is 1. The lowest BCUT2D eigenvalue weighted by Gasteiger charge is -2.61. The van der Waals surface area contributed by atoms with E-state index in [0.717, 1.165) is 37.7 Å². The van der Waals surface area contributed by atoms with Crippen LogP contribution in [0.25, 0.3) is 0 Å². The maximum absolute atomic E-state index is 14.5. The maximum atomic E-state index is 14.5. The molecule has 0 aromatic heterocycles. The van der Waals surface area contributed by atoms with Gasteiger partial charge in [0.05, 0.1) is 58.0 Å². The Hall–Kier alpha value is -3.21. The van der Waals surface area contributed by atoms with Crippen molar-refractivity contribution in [3.8, 4) is 0 Å². The minimum atomic E-state index is -2.02. The van der Waals surface area contributed by atoms with Gasteiger partial charge in [-0.05, 0) is 129 Å². The second-order valence-corrected chi connectivity index (χ2v) is 24.7. The van der Waals surface area contributed by atoms with Crippen LogP contribution in [0.3, 0.4) is 0 Å². The van der Waals surface area contributed by atoms with Crippen molar-refractivity contribution in [1.82, 2.24) is 10.2 Å². The van der Waals surface area contributed by atoms with E-state index in [1.54, 1.807) is 60.6 Å². The lowest BCUT2D eigenvalue weighted by molar-refractivity contribution is -0.384. The number of Topliss-reactive ketones (excluding diaryl/α,β-unsaturated/α-hetero) is 1. The third kappa shape index (κ3) is 11.8. The Bertz CT molecular complexity index is 2170. The zero-order chi connectivity index (χ0) is 55.3. The molecule has 19 nitrogen and oxygen atoms in total. The number of cyclic esters (lactones) is 1. The van der Waals surface area contributed by atoms with Crippen LogP contribution in [-0.2, 0) is 53.0 Å². The summed E-state index contributed by atoms with van der Waals surface area (Å²) in [4.78, 5) is 56.4. The van der Waals surface area contributed by atoms with Gasteiger partial charge in [0.25, 0.3) is 5.69 Å². The number of benzene rings is 1. The van der Waals surface area contributed by atoms with Crippen molar-refractivity contribution >= 4 is 23.3 Å². The van der Waals surface area contributed by atoms with Crippen molar-refractivity contribution < 1.29 is 72.9 Å². The number of non-ortho nitro benzene ring substituents is 1. The summed E-state index contributed by atoms with van der Waals surface area (Å²) in [5.41, 5.74) is -4.07. The number of methoxy groups -OCH3 is 2. The smallest absolute Gasteiger partial charge is 0.311 e. The van der Waals surface area contributed by atoms with Crippen LogP contribution in [0.4, 0.5) is 5.69 Å². The van der Waals surface area contributed by atoms with Crippen LogP contribution in [0.2, 0.25) is 0 Å². The van der Waals surface area contributed by atoms with E-state index in [1.165, 1.54) is 21.1 Å². The summed E-state index contributed by atoms with van der Waals surface area (Å²) < 4.78 is 44.9. The number of carbonyl (C=O) groups is 3. The number of carbonyl (C=O) groups excluding carboxylic acids is 3. The van der Waals surface area contributed by atoms with Gasteiger partial charge in [0.1, 0.15) is 29.7 Å². The highest BCUT2D eigenvalue weighted by Crippen LogP contribution is 2.66. The first-order valence-corrected chi connectivity index (χ1v) is 27.5. The van der Waals surface area contributed by atoms with Crippen LogP contribution in [0.5, 0.6) is 0 Å². The van der Waals surface area contributed by atoms with Gasteiger partial charge >= 0.3 is 5.97 Å². The monoisotopic (exact) mass is 1060 g/mol. The third-order valence-corrected chi connectivity index (χ3v) is 19.2. The number of hydrogen-bond acceptors (Lipinski definition) is 17. The number of nitro benzene ring substituents is 1. The normalized spacial score (nSPS) is 45.8. The van der Waals surface area contributed by atoms with Gasteiger partial charge in [0, 0.05) is 69.7 Å². The van der Waals surface area contributed by atoms with Crippen molar-refractivity contribution in [3.63, 3.8) is 0 Å². The van der Waals surface area contributed by atoms with E-state index < -0.39 is 119 Å². The highest BCUT2D eigenvalue weighted by atomic mass is 16.7. The van der Waals surface area contributed by atoms with E-state index in [1.807, 2.05) is 37.9 Å². The molecule has 0 radical (unpaired) electrons. The van der Waals surface area contributed by atoms with Crippen LogP contribution in [0.15, 0.2) is 24.3 Å². The molecule has 3 aliphatic heterocycles. The summed E-state index contributed by atoms with van der Waals surface area (Å²) in [6.07, 6.45) is -4.59. The molecule has 5 N–H and O–H groups in total. The van der Waals surface area contributed by atoms with E-state index >= 15 is 0 Å².